The molecule has 0 saturated carbocycles. The van der Waals surface area contributed by atoms with Crippen molar-refractivity contribution in [3.05, 3.63) is 34.9 Å². The average molecular weight is 323 g/mol. The third kappa shape index (κ3) is 4.02. The van der Waals surface area contributed by atoms with Gasteiger partial charge < -0.3 is 9.80 Å². The summed E-state index contributed by atoms with van der Waals surface area (Å²) in [7, 11) is 4.23. The van der Waals surface area contributed by atoms with E-state index in [9.17, 15) is 4.79 Å². The molecule has 22 heavy (non-hydrogen) atoms. The van der Waals surface area contributed by atoms with Crippen molar-refractivity contribution in [3.8, 4) is 0 Å². The fraction of sp³-hybridized carbons (Fsp3) is 0.611. The lowest BCUT2D eigenvalue weighted by Gasteiger charge is -2.42. The minimum Gasteiger partial charge on any atom is -0.342 e. The van der Waals surface area contributed by atoms with Crippen LogP contribution in [-0.2, 0) is 4.79 Å². The minimum absolute atomic E-state index is 0.281. The molecule has 1 aromatic rings. The largest absolute Gasteiger partial charge is 0.342 e. The number of likely N-dealkylation sites (tertiary alicyclic amines) is 1. The monoisotopic (exact) mass is 322 g/mol. The summed E-state index contributed by atoms with van der Waals surface area (Å²) in [5, 5.41) is 0.808. The highest BCUT2D eigenvalue weighted by Gasteiger charge is 2.34. The van der Waals surface area contributed by atoms with E-state index in [-0.39, 0.29) is 11.8 Å². The number of unbranched alkanes of at least 4 members (excludes halogenated alkanes) is 1. The molecule has 1 aliphatic rings. The van der Waals surface area contributed by atoms with Crippen LogP contribution in [0.1, 0.15) is 44.1 Å². The van der Waals surface area contributed by atoms with Gasteiger partial charge >= 0.3 is 0 Å². The van der Waals surface area contributed by atoms with Crippen molar-refractivity contribution < 1.29 is 4.79 Å². The van der Waals surface area contributed by atoms with Gasteiger partial charge in [-0.1, -0.05) is 43.1 Å². The molecular weight excluding hydrogens is 296 g/mol. The smallest absolute Gasteiger partial charge is 0.222 e. The Kier molecular flexibility index (Phi) is 6.27. The van der Waals surface area contributed by atoms with Crippen molar-refractivity contribution in [1.82, 2.24) is 9.80 Å². The van der Waals surface area contributed by atoms with Crippen molar-refractivity contribution in [2.45, 2.75) is 44.6 Å². The molecule has 1 saturated heterocycles. The number of benzene rings is 1. The van der Waals surface area contributed by atoms with E-state index < -0.39 is 0 Å². The Labute approximate surface area is 139 Å². The molecule has 0 aliphatic carbocycles. The molecule has 1 aliphatic heterocycles. The predicted octanol–water partition coefficient (Wildman–Crippen LogP) is 3.78. The van der Waals surface area contributed by atoms with Crippen molar-refractivity contribution >= 4 is 17.5 Å². The van der Waals surface area contributed by atoms with Gasteiger partial charge in [-0.3, -0.25) is 4.79 Å². The van der Waals surface area contributed by atoms with Crippen LogP contribution in [0.25, 0.3) is 0 Å². The maximum absolute atomic E-state index is 12.4. The highest BCUT2D eigenvalue weighted by molar-refractivity contribution is 6.31. The van der Waals surface area contributed by atoms with Gasteiger partial charge in [-0.2, -0.15) is 0 Å². The summed E-state index contributed by atoms with van der Waals surface area (Å²) in [5.74, 6) is 0.569. The lowest BCUT2D eigenvalue weighted by molar-refractivity contribution is -0.133. The number of carbonyl (C=O) groups is 1. The number of rotatable bonds is 5. The molecule has 0 unspecified atom stereocenters. The second-order valence-corrected chi connectivity index (χ2v) is 6.80. The van der Waals surface area contributed by atoms with Gasteiger partial charge in [0.15, 0.2) is 0 Å². The third-order valence-corrected chi connectivity index (χ3v) is 4.99. The second kappa shape index (κ2) is 7.98. The molecule has 122 valence electrons. The van der Waals surface area contributed by atoms with E-state index in [1.807, 2.05) is 23.1 Å². The molecule has 4 heteroatoms. The molecule has 0 aromatic heterocycles. The first-order valence-corrected chi connectivity index (χ1v) is 8.61. The van der Waals surface area contributed by atoms with Gasteiger partial charge in [0.2, 0.25) is 5.91 Å². The van der Waals surface area contributed by atoms with Crippen LogP contribution in [0.5, 0.6) is 0 Å². The zero-order chi connectivity index (χ0) is 16.1. The van der Waals surface area contributed by atoms with Crippen molar-refractivity contribution in [3.63, 3.8) is 0 Å². The third-order valence-electron chi connectivity index (χ3n) is 4.64. The van der Waals surface area contributed by atoms with Gasteiger partial charge in [0.25, 0.3) is 0 Å². The van der Waals surface area contributed by atoms with Crippen molar-refractivity contribution in [2.24, 2.45) is 0 Å². The molecule has 2 atom stereocenters. The van der Waals surface area contributed by atoms with Gasteiger partial charge in [-0.05, 0) is 38.6 Å². The van der Waals surface area contributed by atoms with Crippen LogP contribution in [0.3, 0.4) is 0 Å². The molecule has 2 rings (SSSR count). The van der Waals surface area contributed by atoms with Crippen molar-refractivity contribution in [1.29, 1.82) is 0 Å². The predicted molar refractivity (Wildman–Crippen MR) is 92.4 cm³/mol. The first-order chi connectivity index (χ1) is 10.5. The fourth-order valence-electron chi connectivity index (χ4n) is 3.35. The van der Waals surface area contributed by atoms with Gasteiger partial charge in [-0.15, -0.1) is 0 Å². The summed E-state index contributed by atoms with van der Waals surface area (Å²) in [4.78, 5) is 16.7. The highest BCUT2D eigenvalue weighted by Crippen LogP contribution is 2.34. The Hall–Kier alpha value is -1.06. The topological polar surface area (TPSA) is 23.6 Å². The van der Waals surface area contributed by atoms with Gasteiger partial charge in [0.1, 0.15) is 0 Å². The number of hydrogen-bond donors (Lipinski definition) is 0. The van der Waals surface area contributed by atoms with E-state index in [0.717, 1.165) is 42.9 Å². The SMILES string of the molecule is CCCCC(=O)N1CC[C@H](N(C)C)[C@@H](c2ccccc2Cl)C1. The lowest BCUT2D eigenvalue weighted by Crippen LogP contribution is -2.49. The number of halogens is 1. The zero-order valence-electron chi connectivity index (χ0n) is 13.9. The molecule has 1 heterocycles. The Bertz CT molecular complexity index is 504. The Balaban J connectivity index is 2.18. The van der Waals surface area contributed by atoms with Crippen LogP contribution in [0.15, 0.2) is 24.3 Å². The molecule has 0 bridgehead atoms. The Morgan fingerprint density at radius 1 is 1.36 bits per heavy atom. The standard InChI is InChI=1S/C18H27ClN2O/c1-4-5-10-18(22)21-12-11-17(20(2)3)15(13-21)14-8-6-7-9-16(14)19/h6-9,15,17H,4-5,10-13H2,1-3H3/t15-,17+/m1/s1. The summed E-state index contributed by atoms with van der Waals surface area (Å²) in [6.45, 7) is 3.75. The molecule has 0 N–H and O–H groups in total. The van der Waals surface area contributed by atoms with Gasteiger partial charge in [-0.25, -0.2) is 0 Å². The molecular formula is C18H27ClN2O. The maximum atomic E-state index is 12.4. The van der Waals surface area contributed by atoms with Crippen molar-refractivity contribution in [2.75, 3.05) is 27.2 Å². The van der Waals surface area contributed by atoms with Crippen LogP contribution in [0, 0.1) is 0 Å². The molecule has 0 spiro atoms. The number of piperidine rings is 1. The second-order valence-electron chi connectivity index (χ2n) is 6.39. The minimum atomic E-state index is 0.281. The summed E-state index contributed by atoms with van der Waals surface area (Å²) < 4.78 is 0. The van der Waals surface area contributed by atoms with Crippen LogP contribution in [-0.4, -0.2) is 48.9 Å². The number of nitrogens with zero attached hydrogens (tertiary/aromatic N) is 2. The van der Waals surface area contributed by atoms with E-state index in [1.165, 1.54) is 0 Å². The normalized spacial score (nSPS) is 22.1. The number of likely N-dealkylation sites (N-methyl/N-ethyl adjacent to an activating group) is 1. The zero-order valence-corrected chi connectivity index (χ0v) is 14.6. The molecule has 1 fully saturated rings. The summed E-state index contributed by atoms with van der Waals surface area (Å²) in [6.07, 6.45) is 3.70. The van der Waals surface area contributed by atoms with E-state index in [2.05, 4.69) is 32.0 Å². The number of carbonyl (C=O) groups excluding carboxylic acids is 1. The Morgan fingerprint density at radius 2 is 2.09 bits per heavy atom. The van der Waals surface area contributed by atoms with Crippen LogP contribution in [0.2, 0.25) is 5.02 Å². The van der Waals surface area contributed by atoms with E-state index in [0.29, 0.717) is 12.5 Å². The molecule has 0 radical (unpaired) electrons. The van der Waals surface area contributed by atoms with Crippen LogP contribution >= 0.6 is 11.6 Å². The van der Waals surface area contributed by atoms with E-state index in [1.54, 1.807) is 0 Å². The Morgan fingerprint density at radius 3 is 2.73 bits per heavy atom. The van der Waals surface area contributed by atoms with Gasteiger partial charge in [0.05, 0.1) is 0 Å². The molecule has 1 aromatic carbocycles. The first kappa shape index (κ1) is 17.3. The molecule has 1 amide bonds. The van der Waals surface area contributed by atoms with E-state index >= 15 is 0 Å². The van der Waals surface area contributed by atoms with Gasteiger partial charge in [0, 0.05) is 36.5 Å². The maximum Gasteiger partial charge on any atom is 0.222 e. The number of amides is 1. The van der Waals surface area contributed by atoms with Crippen LogP contribution < -0.4 is 0 Å². The first-order valence-electron chi connectivity index (χ1n) is 8.23. The number of hydrogen-bond acceptors (Lipinski definition) is 2. The lowest BCUT2D eigenvalue weighted by atomic mass is 9.85. The highest BCUT2D eigenvalue weighted by atomic mass is 35.5. The van der Waals surface area contributed by atoms with E-state index in [4.69, 9.17) is 11.6 Å². The fourth-order valence-corrected chi connectivity index (χ4v) is 3.63. The summed E-state index contributed by atoms with van der Waals surface area (Å²) in [6, 6.07) is 8.47. The summed E-state index contributed by atoms with van der Waals surface area (Å²) >= 11 is 6.42. The average Bonchev–Trinajstić information content (AvgIpc) is 2.52. The molecule has 3 nitrogen and oxygen atoms in total. The quantitative estimate of drug-likeness (QED) is 0.823. The summed E-state index contributed by atoms with van der Waals surface area (Å²) in [5.41, 5.74) is 1.16. The van der Waals surface area contributed by atoms with Crippen LogP contribution in [0.4, 0.5) is 0 Å².